The summed E-state index contributed by atoms with van der Waals surface area (Å²) in [7, 11) is 3.14. The second kappa shape index (κ2) is 7.40. The van der Waals surface area contributed by atoms with Gasteiger partial charge in [0, 0.05) is 32.4 Å². The van der Waals surface area contributed by atoms with Gasteiger partial charge in [0.25, 0.3) is 0 Å². The molecule has 26 heavy (non-hydrogen) atoms. The Labute approximate surface area is 155 Å². The lowest BCUT2D eigenvalue weighted by Gasteiger charge is -2.24. The molecule has 1 saturated heterocycles. The van der Waals surface area contributed by atoms with Crippen molar-refractivity contribution in [2.24, 2.45) is 7.05 Å². The van der Waals surface area contributed by atoms with E-state index in [1.807, 2.05) is 24.1 Å². The van der Waals surface area contributed by atoms with Gasteiger partial charge in [0.15, 0.2) is 4.77 Å². The first kappa shape index (κ1) is 18.9. The van der Waals surface area contributed by atoms with Crippen LogP contribution in [0.2, 0.25) is 0 Å². The smallest absolute Gasteiger partial charge is 0.371 e. The van der Waals surface area contributed by atoms with Crippen LogP contribution in [0.25, 0.3) is 0 Å². The van der Waals surface area contributed by atoms with E-state index in [0.717, 1.165) is 23.2 Å². The summed E-state index contributed by atoms with van der Waals surface area (Å²) in [5.74, 6) is -0.978. The van der Waals surface area contributed by atoms with Crippen LogP contribution >= 0.6 is 12.2 Å². The first-order chi connectivity index (χ1) is 12.3. The van der Waals surface area contributed by atoms with Gasteiger partial charge in [-0.3, -0.25) is 9.47 Å². The summed E-state index contributed by atoms with van der Waals surface area (Å²) in [6.45, 7) is 2.88. The van der Waals surface area contributed by atoms with Gasteiger partial charge in [0.1, 0.15) is 0 Å². The standard InChI is InChI=1S/C17H22F3N5S/c1-22(12-25-16(26)23(2)15(21-25)17(18,19)20)11-13-7-3-4-8-14(13)24-9-5-6-10-24/h3-4,7-8H,5-6,9-12H2,1-2H3. The number of hydrogen-bond acceptors (Lipinski definition) is 4. The number of rotatable bonds is 5. The van der Waals surface area contributed by atoms with Crippen LogP contribution < -0.4 is 4.90 Å². The van der Waals surface area contributed by atoms with Crippen molar-refractivity contribution in [3.63, 3.8) is 0 Å². The van der Waals surface area contributed by atoms with Gasteiger partial charge in [-0.1, -0.05) is 18.2 Å². The number of alkyl halides is 3. The monoisotopic (exact) mass is 385 g/mol. The number of para-hydroxylation sites is 1. The van der Waals surface area contributed by atoms with Crippen molar-refractivity contribution in [1.29, 1.82) is 0 Å². The van der Waals surface area contributed by atoms with Crippen LogP contribution in [-0.2, 0) is 26.4 Å². The first-order valence-corrected chi connectivity index (χ1v) is 8.90. The van der Waals surface area contributed by atoms with Crippen molar-refractivity contribution in [3.05, 3.63) is 40.4 Å². The number of benzene rings is 1. The fourth-order valence-corrected chi connectivity index (χ4v) is 3.49. The minimum atomic E-state index is -4.52. The molecule has 1 aliphatic rings. The molecule has 0 saturated carbocycles. The largest absolute Gasteiger partial charge is 0.451 e. The third kappa shape index (κ3) is 3.93. The lowest BCUT2D eigenvalue weighted by molar-refractivity contribution is -0.147. The molecule has 2 heterocycles. The highest BCUT2D eigenvalue weighted by atomic mass is 32.1. The molecule has 0 amide bonds. The summed E-state index contributed by atoms with van der Waals surface area (Å²) in [5.41, 5.74) is 2.34. The van der Waals surface area contributed by atoms with Gasteiger partial charge in [0.05, 0.1) is 6.67 Å². The molecule has 142 valence electrons. The second-order valence-corrected chi connectivity index (χ2v) is 7.01. The van der Waals surface area contributed by atoms with Gasteiger partial charge in [-0.05, 0) is 43.7 Å². The quantitative estimate of drug-likeness (QED) is 0.735. The molecule has 0 atom stereocenters. The fraction of sp³-hybridized carbons (Fsp3) is 0.529. The number of nitrogens with zero attached hydrogens (tertiary/aromatic N) is 5. The zero-order valence-corrected chi connectivity index (χ0v) is 15.6. The Morgan fingerprint density at radius 3 is 2.46 bits per heavy atom. The van der Waals surface area contributed by atoms with E-state index in [2.05, 4.69) is 22.1 Å². The van der Waals surface area contributed by atoms with Gasteiger partial charge in [-0.25, -0.2) is 4.68 Å². The molecule has 1 aliphatic heterocycles. The molecule has 0 bridgehead atoms. The van der Waals surface area contributed by atoms with Crippen LogP contribution in [0.3, 0.4) is 0 Å². The lowest BCUT2D eigenvalue weighted by Crippen LogP contribution is -2.25. The molecule has 2 aromatic rings. The summed E-state index contributed by atoms with van der Waals surface area (Å²) < 4.78 is 41.1. The van der Waals surface area contributed by atoms with E-state index in [1.165, 1.54) is 30.3 Å². The zero-order valence-electron chi connectivity index (χ0n) is 14.8. The van der Waals surface area contributed by atoms with E-state index in [9.17, 15) is 13.2 Å². The van der Waals surface area contributed by atoms with Crippen molar-refractivity contribution < 1.29 is 13.2 Å². The van der Waals surface area contributed by atoms with Gasteiger partial charge in [-0.15, -0.1) is 5.10 Å². The molecule has 0 aliphatic carbocycles. The molecule has 0 spiro atoms. The maximum atomic E-state index is 13.0. The predicted molar refractivity (Wildman–Crippen MR) is 96.4 cm³/mol. The van der Waals surface area contributed by atoms with Crippen molar-refractivity contribution in [2.75, 3.05) is 25.0 Å². The molecular formula is C17H22F3N5S. The highest BCUT2D eigenvalue weighted by Crippen LogP contribution is 2.28. The normalized spacial score (nSPS) is 15.2. The summed E-state index contributed by atoms with van der Waals surface area (Å²) in [4.78, 5) is 4.27. The summed E-state index contributed by atoms with van der Waals surface area (Å²) in [6, 6.07) is 8.16. The van der Waals surface area contributed by atoms with Gasteiger partial charge >= 0.3 is 6.18 Å². The number of aromatic nitrogens is 3. The zero-order chi connectivity index (χ0) is 18.9. The molecular weight excluding hydrogens is 363 g/mol. The van der Waals surface area contributed by atoms with E-state index < -0.39 is 12.0 Å². The van der Waals surface area contributed by atoms with Crippen LogP contribution in [0.4, 0.5) is 18.9 Å². The Morgan fingerprint density at radius 2 is 1.85 bits per heavy atom. The Kier molecular flexibility index (Phi) is 5.38. The number of anilines is 1. The Balaban J connectivity index is 1.76. The molecule has 9 heteroatoms. The average molecular weight is 385 g/mol. The van der Waals surface area contributed by atoms with E-state index in [1.54, 1.807) is 0 Å². The van der Waals surface area contributed by atoms with E-state index in [-0.39, 0.29) is 11.4 Å². The third-order valence-corrected chi connectivity index (χ3v) is 5.03. The summed E-state index contributed by atoms with van der Waals surface area (Å²) in [5, 5.41) is 3.66. The molecule has 0 radical (unpaired) electrons. The Hall–Kier alpha value is -1.87. The summed E-state index contributed by atoms with van der Waals surface area (Å²) in [6.07, 6.45) is -2.14. The van der Waals surface area contributed by atoms with Crippen LogP contribution in [0.15, 0.2) is 24.3 Å². The second-order valence-electron chi connectivity index (χ2n) is 6.64. The van der Waals surface area contributed by atoms with Gasteiger partial charge in [-0.2, -0.15) is 13.2 Å². The minimum absolute atomic E-state index is 0.0528. The van der Waals surface area contributed by atoms with Crippen LogP contribution in [0.1, 0.15) is 24.2 Å². The predicted octanol–water partition coefficient (Wildman–Crippen LogP) is 3.66. The molecule has 1 aromatic carbocycles. The van der Waals surface area contributed by atoms with Gasteiger partial charge in [0.2, 0.25) is 5.82 Å². The molecule has 1 aromatic heterocycles. The molecule has 3 rings (SSSR count). The third-order valence-electron chi connectivity index (χ3n) is 4.55. The van der Waals surface area contributed by atoms with Crippen molar-refractivity contribution in [1.82, 2.24) is 19.2 Å². The molecule has 0 N–H and O–H groups in total. The maximum absolute atomic E-state index is 13.0. The highest BCUT2D eigenvalue weighted by Gasteiger charge is 2.37. The fourth-order valence-electron chi connectivity index (χ4n) is 3.31. The molecule has 0 unspecified atom stereocenters. The van der Waals surface area contributed by atoms with Gasteiger partial charge < -0.3 is 4.90 Å². The van der Waals surface area contributed by atoms with E-state index in [0.29, 0.717) is 6.54 Å². The Morgan fingerprint density at radius 1 is 1.19 bits per heavy atom. The average Bonchev–Trinajstić information content (AvgIpc) is 3.19. The summed E-state index contributed by atoms with van der Waals surface area (Å²) >= 11 is 5.11. The first-order valence-electron chi connectivity index (χ1n) is 8.50. The van der Waals surface area contributed by atoms with Crippen molar-refractivity contribution in [2.45, 2.75) is 32.2 Å². The molecule has 5 nitrogen and oxygen atoms in total. The Bertz CT molecular complexity index is 821. The SMILES string of the molecule is CN(Cc1ccccc1N1CCCC1)Cn1nc(C(F)(F)F)n(C)c1=S. The topological polar surface area (TPSA) is 29.2 Å². The molecule has 1 fully saturated rings. The number of halogens is 3. The van der Waals surface area contributed by atoms with Crippen LogP contribution in [0, 0.1) is 4.77 Å². The number of hydrogen-bond donors (Lipinski definition) is 0. The van der Waals surface area contributed by atoms with E-state index in [4.69, 9.17) is 12.2 Å². The maximum Gasteiger partial charge on any atom is 0.451 e. The highest BCUT2D eigenvalue weighted by molar-refractivity contribution is 7.71. The van der Waals surface area contributed by atoms with E-state index >= 15 is 0 Å². The van der Waals surface area contributed by atoms with Crippen molar-refractivity contribution >= 4 is 17.9 Å². The van der Waals surface area contributed by atoms with Crippen LogP contribution in [-0.4, -0.2) is 39.4 Å². The van der Waals surface area contributed by atoms with Crippen LogP contribution in [0.5, 0.6) is 0 Å². The minimum Gasteiger partial charge on any atom is -0.371 e. The lowest BCUT2D eigenvalue weighted by atomic mass is 10.1. The van der Waals surface area contributed by atoms with Crippen molar-refractivity contribution in [3.8, 4) is 0 Å².